The molecular weight excluding hydrogens is 350 g/mol. The van der Waals surface area contributed by atoms with Crippen LogP contribution in [0.3, 0.4) is 0 Å². The van der Waals surface area contributed by atoms with Gasteiger partial charge in [-0.25, -0.2) is 0 Å². The lowest BCUT2D eigenvalue weighted by Gasteiger charge is -2.42. The molecule has 2 atom stereocenters. The van der Waals surface area contributed by atoms with E-state index in [0.717, 1.165) is 58.0 Å². The van der Waals surface area contributed by atoms with Gasteiger partial charge in [0.25, 0.3) is 0 Å². The molecule has 1 saturated carbocycles. The van der Waals surface area contributed by atoms with E-state index in [9.17, 15) is 0 Å². The lowest BCUT2D eigenvalue weighted by molar-refractivity contribution is -0.197. The Labute approximate surface area is 173 Å². The van der Waals surface area contributed by atoms with Gasteiger partial charge in [-0.1, -0.05) is 34.1 Å². The third-order valence-electron chi connectivity index (χ3n) is 7.45. The van der Waals surface area contributed by atoms with Crippen LogP contribution in [0.1, 0.15) is 91.9 Å². The van der Waals surface area contributed by atoms with Gasteiger partial charge >= 0.3 is 0 Å². The minimum atomic E-state index is -0.270. The molecule has 2 unspecified atom stereocenters. The molecular formula is C24H45NO3. The lowest BCUT2D eigenvalue weighted by atomic mass is 9.68. The Morgan fingerprint density at radius 3 is 2.43 bits per heavy atom. The molecule has 4 nitrogen and oxygen atoms in total. The fourth-order valence-corrected chi connectivity index (χ4v) is 5.72. The van der Waals surface area contributed by atoms with Crippen LogP contribution >= 0.6 is 0 Å². The Balaban J connectivity index is 1.42. The second-order valence-electron chi connectivity index (χ2n) is 10.2. The smallest absolute Gasteiger partial charge is 0.168 e. The molecule has 3 rings (SSSR count). The summed E-state index contributed by atoms with van der Waals surface area (Å²) in [6, 6.07) is 0. The van der Waals surface area contributed by atoms with Gasteiger partial charge in [0.2, 0.25) is 0 Å². The molecule has 0 aromatic carbocycles. The molecule has 1 spiro atoms. The van der Waals surface area contributed by atoms with Crippen LogP contribution in [-0.4, -0.2) is 55.7 Å². The van der Waals surface area contributed by atoms with Gasteiger partial charge in [0, 0.05) is 32.5 Å². The Hall–Kier alpha value is -0.160. The van der Waals surface area contributed by atoms with Gasteiger partial charge in [-0.15, -0.1) is 0 Å². The fraction of sp³-hybridized carbons (Fsp3) is 1.00. The summed E-state index contributed by atoms with van der Waals surface area (Å²) in [6.45, 7) is 14.6. The first-order chi connectivity index (χ1) is 13.5. The highest BCUT2D eigenvalue weighted by Crippen LogP contribution is 2.47. The molecule has 0 aromatic heterocycles. The maximum absolute atomic E-state index is 6.53. The van der Waals surface area contributed by atoms with Crippen LogP contribution in [0, 0.1) is 11.3 Å². The van der Waals surface area contributed by atoms with E-state index < -0.39 is 0 Å². The van der Waals surface area contributed by atoms with Crippen molar-refractivity contribution in [3.05, 3.63) is 0 Å². The molecule has 0 aromatic rings. The molecule has 3 fully saturated rings. The first-order valence-electron chi connectivity index (χ1n) is 12.1. The Bertz CT molecular complexity index is 453. The summed E-state index contributed by atoms with van der Waals surface area (Å²) in [6.07, 6.45) is 12.7. The number of ether oxygens (including phenoxy) is 3. The summed E-state index contributed by atoms with van der Waals surface area (Å²) >= 11 is 0. The number of nitrogens with zero attached hydrogens (tertiary/aromatic N) is 1. The minimum absolute atomic E-state index is 0.268. The standard InChI is InChI=1S/C24H45NO3/c1-5-12-23(3,4)20-9-13-24(14-10-20)27-19-22(28-24)11-16-25(15-6-2)18-21-8-7-17-26-21/h20-22H,5-19H2,1-4H3. The number of hydrogen-bond acceptors (Lipinski definition) is 4. The SMILES string of the molecule is CCCN(CCC1COC2(CCC(C(C)(C)CCC)CC2)O1)CC1CCCO1. The van der Waals surface area contributed by atoms with Crippen molar-refractivity contribution < 1.29 is 14.2 Å². The zero-order chi connectivity index (χ0) is 20.0. The molecule has 0 radical (unpaired) electrons. The summed E-state index contributed by atoms with van der Waals surface area (Å²) in [4.78, 5) is 2.58. The van der Waals surface area contributed by atoms with Gasteiger partial charge in [0.15, 0.2) is 5.79 Å². The van der Waals surface area contributed by atoms with Crippen molar-refractivity contribution in [1.82, 2.24) is 4.90 Å². The van der Waals surface area contributed by atoms with Crippen LogP contribution in [0.25, 0.3) is 0 Å². The normalized spacial score (nSPS) is 34.0. The largest absolute Gasteiger partial charge is 0.377 e. The zero-order valence-electron chi connectivity index (χ0n) is 19.0. The monoisotopic (exact) mass is 395 g/mol. The third kappa shape index (κ3) is 5.93. The predicted octanol–water partition coefficient (Wildman–Crippen LogP) is 5.40. The maximum atomic E-state index is 6.53. The van der Waals surface area contributed by atoms with Crippen molar-refractivity contribution in [3.8, 4) is 0 Å². The molecule has 164 valence electrons. The first-order valence-corrected chi connectivity index (χ1v) is 12.1. The average Bonchev–Trinajstić information content (AvgIpc) is 3.31. The molecule has 1 aliphatic carbocycles. The minimum Gasteiger partial charge on any atom is -0.377 e. The molecule has 2 saturated heterocycles. The van der Waals surface area contributed by atoms with E-state index in [2.05, 4.69) is 32.6 Å². The van der Waals surface area contributed by atoms with Crippen molar-refractivity contribution >= 4 is 0 Å². The van der Waals surface area contributed by atoms with E-state index in [1.807, 2.05) is 0 Å². The van der Waals surface area contributed by atoms with Gasteiger partial charge < -0.3 is 19.1 Å². The van der Waals surface area contributed by atoms with Crippen molar-refractivity contribution in [2.24, 2.45) is 11.3 Å². The van der Waals surface area contributed by atoms with Crippen molar-refractivity contribution in [2.75, 3.05) is 32.8 Å². The summed E-state index contributed by atoms with van der Waals surface area (Å²) in [5.74, 6) is 0.545. The zero-order valence-corrected chi connectivity index (χ0v) is 19.0. The highest BCUT2D eigenvalue weighted by atomic mass is 16.7. The van der Waals surface area contributed by atoms with Crippen LogP contribution in [0.4, 0.5) is 0 Å². The van der Waals surface area contributed by atoms with Gasteiger partial charge in [-0.3, -0.25) is 0 Å². The van der Waals surface area contributed by atoms with Gasteiger partial charge in [0.1, 0.15) is 0 Å². The van der Waals surface area contributed by atoms with Crippen LogP contribution in [0.2, 0.25) is 0 Å². The summed E-state index contributed by atoms with van der Waals surface area (Å²) in [5, 5.41) is 0. The Morgan fingerprint density at radius 1 is 1.00 bits per heavy atom. The molecule has 0 N–H and O–H groups in total. The summed E-state index contributed by atoms with van der Waals surface area (Å²) in [7, 11) is 0. The number of hydrogen-bond donors (Lipinski definition) is 0. The molecule has 4 heteroatoms. The van der Waals surface area contributed by atoms with E-state index >= 15 is 0 Å². The lowest BCUT2D eigenvalue weighted by Crippen LogP contribution is -2.40. The van der Waals surface area contributed by atoms with Crippen LogP contribution in [0.15, 0.2) is 0 Å². The van der Waals surface area contributed by atoms with Crippen LogP contribution in [-0.2, 0) is 14.2 Å². The molecule has 2 aliphatic heterocycles. The first kappa shape index (κ1) is 22.5. The summed E-state index contributed by atoms with van der Waals surface area (Å²) in [5.41, 5.74) is 0.456. The molecule has 28 heavy (non-hydrogen) atoms. The van der Waals surface area contributed by atoms with E-state index in [-0.39, 0.29) is 11.9 Å². The van der Waals surface area contributed by atoms with E-state index in [1.54, 1.807) is 0 Å². The third-order valence-corrected chi connectivity index (χ3v) is 7.45. The fourth-order valence-electron chi connectivity index (χ4n) is 5.72. The maximum Gasteiger partial charge on any atom is 0.168 e. The molecule has 0 amide bonds. The highest BCUT2D eigenvalue weighted by Gasteiger charge is 2.46. The summed E-state index contributed by atoms with van der Waals surface area (Å²) < 4.78 is 18.7. The quantitative estimate of drug-likeness (QED) is 0.496. The van der Waals surface area contributed by atoms with Crippen molar-refractivity contribution in [3.63, 3.8) is 0 Å². The van der Waals surface area contributed by atoms with Crippen molar-refractivity contribution in [2.45, 2.75) is 110 Å². The van der Waals surface area contributed by atoms with Gasteiger partial charge in [-0.2, -0.15) is 0 Å². The number of rotatable bonds is 10. The van der Waals surface area contributed by atoms with E-state index in [1.165, 1.54) is 44.9 Å². The topological polar surface area (TPSA) is 30.9 Å². The molecule has 3 aliphatic rings. The molecule has 2 heterocycles. The Morgan fingerprint density at radius 2 is 1.79 bits per heavy atom. The average molecular weight is 396 g/mol. The van der Waals surface area contributed by atoms with Gasteiger partial charge in [-0.05, 0) is 62.8 Å². The van der Waals surface area contributed by atoms with E-state index in [0.29, 0.717) is 11.5 Å². The van der Waals surface area contributed by atoms with Gasteiger partial charge in [0.05, 0.1) is 18.8 Å². The highest BCUT2D eigenvalue weighted by molar-refractivity contribution is 4.90. The van der Waals surface area contributed by atoms with E-state index in [4.69, 9.17) is 14.2 Å². The van der Waals surface area contributed by atoms with Crippen LogP contribution in [0.5, 0.6) is 0 Å². The Kier molecular flexibility index (Phi) is 8.23. The second kappa shape index (κ2) is 10.2. The second-order valence-corrected chi connectivity index (χ2v) is 10.2. The van der Waals surface area contributed by atoms with Crippen LogP contribution < -0.4 is 0 Å². The van der Waals surface area contributed by atoms with Crippen molar-refractivity contribution in [1.29, 1.82) is 0 Å². The molecule has 0 bridgehead atoms. The predicted molar refractivity (Wildman–Crippen MR) is 115 cm³/mol.